The second kappa shape index (κ2) is 8.22. The van der Waals surface area contributed by atoms with Crippen molar-refractivity contribution in [1.82, 2.24) is 9.97 Å². The van der Waals surface area contributed by atoms with Crippen LogP contribution in [-0.4, -0.2) is 15.9 Å². The quantitative estimate of drug-likeness (QED) is 0.512. The number of anilines is 1. The van der Waals surface area contributed by atoms with E-state index < -0.39 is 17.5 Å². The lowest BCUT2D eigenvalue weighted by atomic mass is 10.2. The number of carbonyl (C=O) groups is 1. The smallest absolute Gasteiger partial charge is 0.255 e. The number of carbonyl (C=O) groups excluding carboxylic acids is 1. The summed E-state index contributed by atoms with van der Waals surface area (Å²) in [5.41, 5.74) is 8.19. The van der Waals surface area contributed by atoms with Crippen molar-refractivity contribution in [3.8, 4) is 11.5 Å². The van der Waals surface area contributed by atoms with Crippen LogP contribution in [0.25, 0.3) is 11.0 Å². The van der Waals surface area contributed by atoms with E-state index in [1.807, 2.05) is 0 Å². The first-order valence-corrected chi connectivity index (χ1v) is 9.02. The van der Waals surface area contributed by atoms with Gasteiger partial charge in [0.15, 0.2) is 11.6 Å². The number of aromatic nitrogens is 2. The number of nitrogens with one attached hydrogen (secondary N) is 1. The third kappa shape index (κ3) is 4.23. The van der Waals surface area contributed by atoms with Gasteiger partial charge in [-0.25, -0.2) is 13.8 Å². The Morgan fingerprint density at radius 3 is 2.43 bits per heavy atom. The number of ether oxygens (including phenoxy) is 1. The van der Waals surface area contributed by atoms with Crippen LogP contribution >= 0.6 is 0 Å². The minimum atomic E-state index is -1.08. The predicted octanol–water partition coefficient (Wildman–Crippen LogP) is 4.41. The van der Waals surface area contributed by atoms with Gasteiger partial charge in [-0.15, -0.1) is 0 Å². The summed E-state index contributed by atoms with van der Waals surface area (Å²) in [5, 5.41) is 2.62. The Labute approximate surface area is 170 Å². The number of benzene rings is 3. The van der Waals surface area contributed by atoms with Crippen LogP contribution in [0.5, 0.6) is 11.5 Å². The second-order valence-electron chi connectivity index (χ2n) is 6.43. The summed E-state index contributed by atoms with van der Waals surface area (Å²) in [5.74, 6) is -1.52. The molecule has 30 heavy (non-hydrogen) atoms. The van der Waals surface area contributed by atoms with Crippen molar-refractivity contribution in [2.24, 2.45) is 5.73 Å². The Kier molecular flexibility index (Phi) is 5.32. The molecule has 0 spiro atoms. The molecule has 0 unspecified atom stereocenters. The summed E-state index contributed by atoms with van der Waals surface area (Å²) in [4.78, 5) is 20.9. The van der Waals surface area contributed by atoms with Gasteiger partial charge < -0.3 is 15.8 Å². The van der Waals surface area contributed by atoms with Crippen LogP contribution in [0.15, 0.2) is 66.9 Å². The number of rotatable bonds is 5. The highest BCUT2D eigenvalue weighted by molar-refractivity contribution is 6.04. The third-order valence-corrected chi connectivity index (χ3v) is 4.30. The minimum Gasteiger partial charge on any atom is -0.457 e. The molecule has 4 rings (SSSR count). The Bertz CT molecular complexity index is 1230. The van der Waals surface area contributed by atoms with Crippen molar-refractivity contribution in [2.45, 2.75) is 6.54 Å². The number of hydrogen-bond donors (Lipinski definition) is 2. The SMILES string of the molecule is NCc1cnc2ccc(Oc3ccc(NC(=O)c4ccc(F)c(F)c4)cc3)cc2n1. The number of nitrogens with two attached hydrogens (primary N) is 1. The summed E-state index contributed by atoms with van der Waals surface area (Å²) >= 11 is 0. The molecule has 8 heteroatoms. The Morgan fingerprint density at radius 2 is 1.70 bits per heavy atom. The third-order valence-electron chi connectivity index (χ3n) is 4.30. The predicted molar refractivity (Wildman–Crippen MR) is 108 cm³/mol. The van der Waals surface area contributed by atoms with Crippen molar-refractivity contribution in [2.75, 3.05) is 5.32 Å². The molecule has 0 aliphatic rings. The molecule has 0 aliphatic heterocycles. The van der Waals surface area contributed by atoms with E-state index in [0.717, 1.165) is 17.6 Å². The van der Waals surface area contributed by atoms with Crippen LogP contribution in [0.2, 0.25) is 0 Å². The molecular weight excluding hydrogens is 390 g/mol. The molecule has 4 aromatic rings. The number of halogens is 2. The standard InChI is InChI=1S/C22H16F2N4O2/c23-18-7-1-13(9-19(18)24)22(29)28-14-2-4-16(5-3-14)30-17-6-8-20-21(10-17)27-15(11-25)12-26-20/h1-10,12H,11,25H2,(H,28,29). The summed E-state index contributed by atoms with van der Waals surface area (Å²) in [6.07, 6.45) is 1.64. The normalized spacial score (nSPS) is 10.8. The molecule has 0 radical (unpaired) electrons. The lowest BCUT2D eigenvalue weighted by Crippen LogP contribution is -2.12. The van der Waals surface area contributed by atoms with Gasteiger partial charge in [0, 0.05) is 23.9 Å². The first-order valence-electron chi connectivity index (χ1n) is 9.02. The van der Waals surface area contributed by atoms with Crippen LogP contribution in [0.1, 0.15) is 16.1 Å². The molecule has 1 aromatic heterocycles. The largest absolute Gasteiger partial charge is 0.457 e. The van der Waals surface area contributed by atoms with E-state index in [1.54, 1.807) is 48.7 Å². The maximum atomic E-state index is 13.3. The van der Waals surface area contributed by atoms with Crippen LogP contribution in [0.3, 0.4) is 0 Å². The molecule has 0 bridgehead atoms. The number of hydrogen-bond acceptors (Lipinski definition) is 5. The van der Waals surface area contributed by atoms with Gasteiger partial charge in [-0.2, -0.15) is 0 Å². The molecule has 1 amide bonds. The first-order chi connectivity index (χ1) is 14.5. The van der Waals surface area contributed by atoms with E-state index in [9.17, 15) is 13.6 Å². The van der Waals surface area contributed by atoms with Gasteiger partial charge in [-0.05, 0) is 54.6 Å². The number of nitrogens with zero attached hydrogens (tertiary/aromatic N) is 2. The average molecular weight is 406 g/mol. The van der Waals surface area contributed by atoms with Gasteiger partial charge in [0.05, 0.1) is 22.9 Å². The van der Waals surface area contributed by atoms with Crippen LogP contribution in [0, 0.1) is 11.6 Å². The molecule has 0 aliphatic carbocycles. The summed E-state index contributed by atoms with van der Waals surface area (Å²) in [7, 11) is 0. The minimum absolute atomic E-state index is 0.0170. The Morgan fingerprint density at radius 1 is 0.933 bits per heavy atom. The van der Waals surface area contributed by atoms with E-state index in [4.69, 9.17) is 10.5 Å². The zero-order valence-electron chi connectivity index (χ0n) is 15.6. The molecule has 0 fully saturated rings. The lowest BCUT2D eigenvalue weighted by molar-refractivity contribution is 0.102. The molecule has 1 heterocycles. The molecular formula is C22H16F2N4O2. The van der Waals surface area contributed by atoms with E-state index in [0.29, 0.717) is 34.9 Å². The van der Waals surface area contributed by atoms with E-state index >= 15 is 0 Å². The van der Waals surface area contributed by atoms with Crippen molar-refractivity contribution < 1.29 is 18.3 Å². The summed E-state index contributed by atoms with van der Waals surface area (Å²) in [6, 6.07) is 14.9. The lowest BCUT2D eigenvalue weighted by Gasteiger charge is -2.09. The van der Waals surface area contributed by atoms with Crippen LogP contribution < -0.4 is 15.8 Å². The van der Waals surface area contributed by atoms with Crippen molar-refractivity contribution in [1.29, 1.82) is 0 Å². The van der Waals surface area contributed by atoms with Gasteiger partial charge in [0.1, 0.15) is 11.5 Å². The first kappa shape index (κ1) is 19.4. The van der Waals surface area contributed by atoms with Crippen LogP contribution in [0.4, 0.5) is 14.5 Å². The van der Waals surface area contributed by atoms with E-state index in [2.05, 4.69) is 15.3 Å². The maximum absolute atomic E-state index is 13.3. The van der Waals surface area contributed by atoms with Gasteiger partial charge in [-0.3, -0.25) is 9.78 Å². The second-order valence-corrected chi connectivity index (χ2v) is 6.43. The Hall–Kier alpha value is -3.91. The van der Waals surface area contributed by atoms with Crippen molar-refractivity contribution in [3.05, 3.63) is 89.8 Å². The zero-order valence-corrected chi connectivity index (χ0v) is 15.6. The number of amides is 1. The highest BCUT2D eigenvalue weighted by Gasteiger charge is 2.10. The molecule has 3 N–H and O–H groups in total. The van der Waals surface area contributed by atoms with Gasteiger partial charge >= 0.3 is 0 Å². The molecule has 0 saturated heterocycles. The summed E-state index contributed by atoms with van der Waals surface area (Å²) < 4.78 is 32.1. The fourth-order valence-corrected chi connectivity index (χ4v) is 2.77. The van der Waals surface area contributed by atoms with Crippen LogP contribution in [-0.2, 0) is 6.54 Å². The monoisotopic (exact) mass is 406 g/mol. The Balaban J connectivity index is 1.46. The molecule has 150 valence electrons. The highest BCUT2D eigenvalue weighted by atomic mass is 19.2. The van der Waals surface area contributed by atoms with Crippen molar-refractivity contribution >= 4 is 22.6 Å². The zero-order chi connectivity index (χ0) is 21.1. The molecule has 0 atom stereocenters. The van der Waals surface area contributed by atoms with Gasteiger partial charge in [0.25, 0.3) is 5.91 Å². The molecule has 0 saturated carbocycles. The molecule has 6 nitrogen and oxygen atoms in total. The summed E-state index contributed by atoms with van der Waals surface area (Å²) in [6.45, 7) is 0.297. The number of fused-ring (bicyclic) bond motifs is 1. The molecule has 3 aromatic carbocycles. The van der Waals surface area contributed by atoms with E-state index in [1.165, 1.54) is 6.07 Å². The highest BCUT2D eigenvalue weighted by Crippen LogP contribution is 2.25. The topological polar surface area (TPSA) is 90.1 Å². The fourth-order valence-electron chi connectivity index (χ4n) is 2.77. The van der Waals surface area contributed by atoms with Gasteiger partial charge in [0.2, 0.25) is 0 Å². The maximum Gasteiger partial charge on any atom is 0.255 e. The van der Waals surface area contributed by atoms with Crippen molar-refractivity contribution in [3.63, 3.8) is 0 Å². The van der Waals surface area contributed by atoms with Gasteiger partial charge in [-0.1, -0.05) is 0 Å². The van der Waals surface area contributed by atoms with E-state index in [-0.39, 0.29) is 5.56 Å². The average Bonchev–Trinajstić information content (AvgIpc) is 2.76. The fraction of sp³-hybridized carbons (Fsp3) is 0.0455.